The summed E-state index contributed by atoms with van der Waals surface area (Å²) in [5.41, 5.74) is 3.57. The first-order chi connectivity index (χ1) is 8.66. The van der Waals surface area contributed by atoms with E-state index in [-0.39, 0.29) is 20.3 Å². The standard InChI is InChI=1S/C15H13NOSe/c1-10-7-8-13(11(2)9-10)16-15(17)12-5-3-4-6-14(12)18-16/h3-9H,1-2H3. The van der Waals surface area contributed by atoms with E-state index >= 15 is 0 Å². The SMILES string of the molecule is Cc1ccc(-n2[se]c3ccccc3c2=O)c(C)c1. The molecule has 1 heterocycles. The molecular formula is C15H13NOSe. The zero-order chi connectivity index (χ0) is 12.7. The van der Waals surface area contributed by atoms with Crippen molar-refractivity contribution in [2.24, 2.45) is 0 Å². The Balaban J connectivity index is 2.32. The Morgan fingerprint density at radius 2 is 1.83 bits per heavy atom. The van der Waals surface area contributed by atoms with Crippen molar-refractivity contribution in [1.29, 1.82) is 0 Å². The molecule has 3 aromatic rings. The van der Waals surface area contributed by atoms with Gasteiger partial charge >= 0.3 is 111 Å². The molecule has 0 aliphatic rings. The van der Waals surface area contributed by atoms with Crippen LogP contribution in [-0.4, -0.2) is 18.3 Å². The normalized spacial score (nSPS) is 11.0. The number of fused-ring (bicyclic) bond motifs is 1. The van der Waals surface area contributed by atoms with E-state index in [1.807, 2.05) is 21.8 Å². The first-order valence-electron chi connectivity index (χ1n) is 5.85. The molecule has 18 heavy (non-hydrogen) atoms. The Kier molecular flexibility index (Phi) is 2.73. The summed E-state index contributed by atoms with van der Waals surface area (Å²) in [5.74, 6) is 0. The first kappa shape index (κ1) is 11.5. The summed E-state index contributed by atoms with van der Waals surface area (Å²) in [6.45, 7) is 4.14. The second-order valence-corrected chi connectivity index (χ2v) is 6.55. The average molecular weight is 302 g/mol. The topological polar surface area (TPSA) is 22.0 Å². The second kappa shape index (κ2) is 4.27. The van der Waals surface area contributed by atoms with Crippen LogP contribution in [0.1, 0.15) is 11.1 Å². The van der Waals surface area contributed by atoms with Crippen LogP contribution in [0.4, 0.5) is 0 Å². The summed E-state index contributed by atoms with van der Waals surface area (Å²) in [7, 11) is 0. The maximum absolute atomic E-state index is 12.4. The van der Waals surface area contributed by atoms with Gasteiger partial charge in [-0.15, -0.1) is 0 Å². The van der Waals surface area contributed by atoms with Crippen LogP contribution in [-0.2, 0) is 0 Å². The molecular weight excluding hydrogens is 289 g/mol. The molecule has 0 fully saturated rings. The molecule has 3 rings (SSSR count). The van der Waals surface area contributed by atoms with E-state index in [9.17, 15) is 4.79 Å². The average Bonchev–Trinajstić information content (AvgIpc) is 2.68. The van der Waals surface area contributed by atoms with Gasteiger partial charge in [-0.3, -0.25) is 0 Å². The summed E-state index contributed by atoms with van der Waals surface area (Å²) in [6, 6.07) is 14.1. The van der Waals surface area contributed by atoms with E-state index in [4.69, 9.17) is 0 Å². The van der Waals surface area contributed by atoms with Gasteiger partial charge in [0.15, 0.2) is 0 Å². The second-order valence-electron chi connectivity index (χ2n) is 4.48. The van der Waals surface area contributed by atoms with Gasteiger partial charge in [-0.2, -0.15) is 0 Å². The summed E-state index contributed by atoms with van der Waals surface area (Å²) in [5, 5.41) is 0.859. The zero-order valence-electron chi connectivity index (χ0n) is 10.3. The van der Waals surface area contributed by atoms with Crippen molar-refractivity contribution in [3.05, 3.63) is 63.9 Å². The molecule has 0 amide bonds. The van der Waals surface area contributed by atoms with Gasteiger partial charge in [0.25, 0.3) is 0 Å². The quantitative estimate of drug-likeness (QED) is 0.634. The van der Waals surface area contributed by atoms with Crippen molar-refractivity contribution in [3.63, 3.8) is 0 Å². The van der Waals surface area contributed by atoms with Gasteiger partial charge in [0.2, 0.25) is 0 Å². The van der Waals surface area contributed by atoms with Gasteiger partial charge in [0.05, 0.1) is 0 Å². The Hall–Kier alpha value is -1.57. The molecule has 0 saturated carbocycles. The van der Waals surface area contributed by atoms with E-state index in [1.54, 1.807) is 0 Å². The molecule has 0 bridgehead atoms. The van der Waals surface area contributed by atoms with E-state index in [2.05, 4.69) is 38.1 Å². The van der Waals surface area contributed by atoms with Crippen LogP contribution in [0.25, 0.3) is 15.3 Å². The summed E-state index contributed by atoms with van der Waals surface area (Å²) in [4.78, 5) is 12.4. The molecule has 1 aromatic heterocycles. The minimum atomic E-state index is 0.0632. The van der Waals surface area contributed by atoms with Crippen molar-refractivity contribution in [3.8, 4) is 5.69 Å². The van der Waals surface area contributed by atoms with Gasteiger partial charge in [-0.25, -0.2) is 0 Å². The summed E-state index contributed by atoms with van der Waals surface area (Å²) in [6.07, 6.45) is 0. The third-order valence-electron chi connectivity index (χ3n) is 3.06. The number of benzene rings is 2. The zero-order valence-corrected chi connectivity index (χ0v) is 12.0. The van der Waals surface area contributed by atoms with Crippen LogP contribution in [0, 0.1) is 13.8 Å². The van der Waals surface area contributed by atoms with Crippen molar-refractivity contribution >= 4 is 24.4 Å². The molecule has 0 unspecified atom stereocenters. The number of rotatable bonds is 1. The predicted octanol–water partition coefficient (Wildman–Crippen LogP) is 2.66. The van der Waals surface area contributed by atoms with Crippen LogP contribution in [0.15, 0.2) is 47.3 Å². The number of hydrogen-bond acceptors (Lipinski definition) is 1. The molecule has 90 valence electrons. The minimum absolute atomic E-state index is 0.0632. The van der Waals surface area contributed by atoms with Crippen molar-refractivity contribution in [2.75, 3.05) is 0 Å². The molecule has 0 atom stereocenters. The number of hydrogen-bond donors (Lipinski definition) is 0. The first-order valence-corrected chi connectivity index (χ1v) is 7.48. The van der Waals surface area contributed by atoms with E-state index in [0.29, 0.717) is 0 Å². The number of aryl methyl sites for hydroxylation is 2. The van der Waals surface area contributed by atoms with Crippen molar-refractivity contribution in [1.82, 2.24) is 3.56 Å². The van der Waals surface area contributed by atoms with E-state index < -0.39 is 0 Å². The Morgan fingerprint density at radius 1 is 1.06 bits per heavy atom. The van der Waals surface area contributed by atoms with Crippen LogP contribution in [0.2, 0.25) is 0 Å². The molecule has 2 aromatic carbocycles. The Bertz CT molecular complexity index is 783. The van der Waals surface area contributed by atoms with Gasteiger partial charge in [0.1, 0.15) is 0 Å². The fraction of sp³-hybridized carbons (Fsp3) is 0.133. The van der Waals surface area contributed by atoms with Crippen LogP contribution >= 0.6 is 0 Å². The van der Waals surface area contributed by atoms with Crippen molar-refractivity contribution in [2.45, 2.75) is 13.8 Å². The molecule has 0 N–H and O–H groups in total. The maximum atomic E-state index is 12.4. The third-order valence-corrected chi connectivity index (χ3v) is 5.37. The molecule has 0 aliphatic heterocycles. The molecule has 2 nitrogen and oxygen atoms in total. The van der Waals surface area contributed by atoms with Crippen LogP contribution < -0.4 is 5.56 Å². The molecule has 3 heteroatoms. The van der Waals surface area contributed by atoms with Crippen LogP contribution in [0.3, 0.4) is 0 Å². The van der Waals surface area contributed by atoms with Gasteiger partial charge in [0, 0.05) is 0 Å². The third kappa shape index (κ3) is 1.76. The number of nitrogens with zero attached hydrogens (tertiary/aromatic N) is 1. The van der Waals surface area contributed by atoms with Gasteiger partial charge in [-0.1, -0.05) is 0 Å². The monoisotopic (exact) mass is 303 g/mol. The van der Waals surface area contributed by atoms with E-state index in [1.165, 1.54) is 9.82 Å². The van der Waals surface area contributed by atoms with Crippen LogP contribution in [0.5, 0.6) is 0 Å². The van der Waals surface area contributed by atoms with E-state index in [0.717, 1.165) is 16.6 Å². The fourth-order valence-corrected chi connectivity index (χ4v) is 4.42. The molecule has 0 saturated heterocycles. The Morgan fingerprint density at radius 3 is 2.56 bits per heavy atom. The van der Waals surface area contributed by atoms with Crippen molar-refractivity contribution < 1.29 is 0 Å². The Labute approximate surface area is 111 Å². The fourth-order valence-electron chi connectivity index (χ4n) is 2.16. The predicted molar refractivity (Wildman–Crippen MR) is 76.0 cm³/mol. The number of aromatic nitrogens is 1. The van der Waals surface area contributed by atoms with Gasteiger partial charge in [-0.05, 0) is 0 Å². The molecule has 0 radical (unpaired) electrons. The summed E-state index contributed by atoms with van der Waals surface area (Å²) < 4.78 is 3.10. The van der Waals surface area contributed by atoms with Gasteiger partial charge < -0.3 is 0 Å². The molecule has 0 spiro atoms. The summed E-state index contributed by atoms with van der Waals surface area (Å²) >= 11 is 0.0632. The molecule has 0 aliphatic carbocycles.